The highest BCUT2D eigenvalue weighted by Gasteiger charge is 2.19. The molecule has 1 unspecified atom stereocenters. The standard InChI is InChI=1S/C11H20N2O/c1-5-9(6-2)11(14)13-10(7-12)8(3)4/h8-10H,5-6H2,1-4H3,(H,13,14). The summed E-state index contributed by atoms with van der Waals surface area (Å²) >= 11 is 0. The van der Waals surface area contributed by atoms with Crippen LogP contribution in [0.25, 0.3) is 0 Å². The van der Waals surface area contributed by atoms with Gasteiger partial charge in [-0.2, -0.15) is 5.26 Å². The van der Waals surface area contributed by atoms with Gasteiger partial charge in [-0.3, -0.25) is 4.79 Å². The van der Waals surface area contributed by atoms with Crippen molar-refractivity contribution in [3.05, 3.63) is 0 Å². The third-order valence-corrected chi connectivity index (χ3v) is 2.46. The average Bonchev–Trinajstić information content (AvgIpc) is 2.15. The zero-order valence-corrected chi connectivity index (χ0v) is 9.50. The molecule has 1 N–H and O–H groups in total. The first-order chi connectivity index (χ1) is 6.56. The topological polar surface area (TPSA) is 52.9 Å². The van der Waals surface area contributed by atoms with Crippen LogP contribution in [0.2, 0.25) is 0 Å². The van der Waals surface area contributed by atoms with Crippen molar-refractivity contribution in [2.75, 3.05) is 0 Å². The first-order valence-electron chi connectivity index (χ1n) is 5.26. The molecule has 1 amide bonds. The van der Waals surface area contributed by atoms with Gasteiger partial charge in [0.05, 0.1) is 6.07 Å². The van der Waals surface area contributed by atoms with Crippen LogP contribution in [-0.4, -0.2) is 11.9 Å². The van der Waals surface area contributed by atoms with E-state index in [0.717, 1.165) is 12.8 Å². The maximum atomic E-state index is 11.6. The predicted molar refractivity (Wildman–Crippen MR) is 56.5 cm³/mol. The molecule has 0 fully saturated rings. The van der Waals surface area contributed by atoms with Gasteiger partial charge >= 0.3 is 0 Å². The van der Waals surface area contributed by atoms with E-state index < -0.39 is 0 Å². The van der Waals surface area contributed by atoms with Crippen molar-refractivity contribution in [3.8, 4) is 6.07 Å². The van der Waals surface area contributed by atoms with Gasteiger partial charge in [-0.15, -0.1) is 0 Å². The predicted octanol–water partition coefficient (Wildman–Crippen LogP) is 2.09. The van der Waals surface area contributed by atoms with Crippen molar-refractivity contribution in [1.82, 2.24) is 5.32 Å². The fourth-order valence-corrected chi connectivity index (χ4v) is 1.28. The Morgan fingerprint density at radius 3 is 2.14 bits per heavy atom. The average molecular weight is 196 g/mol. The number of rotatable bonds is 5. The Bertz CT molecular complexity index is 214. The van der Waals surface area contributed by atoms with Gasteiger partial charge in [0.15, 0.2) is 0 Å². The van der Waals surface area contributed by atoms with E-state index in [9.17, 15) is 4.79 Å². The molecule has 0 spiro atoms. The summed E-state index contributed by atoms with van der Waals surface area (Å²) in [6.07, 6.45) is 1.66. The lowest BCUT2D eigenvalue weighted by atomic mass is 10.00. The van der Waals surface area contributed by atoms with Crippen LogP contribution in [0.1, 0.15) is 40.5 Å². The van der Waals surface area contributed by atoms with Crippen LogP contribution in [0.5, 0.6) is 0 Å². The van der Waals surface area contributed by atoms with Crippen LogP contribution in [0.3, 0.4) is 0 Å². The van der Waals surface area contributed by atoms with Crippen molar-refractivity contribution >= 4 is 5.91 Å². The molecule has 0 aromatic carbocycles. The number of nitrogens with one attached hydrogen (secondary N) is 1. The van der Waals surface area contributed by atoms with E-state index in [0.29, 0.717) is 0 Å². The van der Waals surface area contributed by atoms with Crippen LogP contribution >= 0.6 is 0 Å². The highest BCUT2D eigenvalue weighted by molar-refractivity contribution is 5.79. The van der Waals surface area contributed by atoms with Gasteiger partial charge in [-0.05, 0) is 18.8 Å². The molecule has 0 saturated carbocycles. The van der Waals surface area contributed by atoms with Crippen LogP contribution in [-0.2, 0) is 4.79 Å². The molecule has 0 bridgehead atoms. The fraction of sp³-hybridized carbons (Fsp3) is 0.818. The summed E-state index contributed by atoms with van der Waals surface area (Å²) in [5.74, 6) is 0.221. The molecule has 0 saturated heterocycles. The smallest absolute Gasteiger partial charge is 0.224 e. The quantitative estimate of drug-likeness (QED) is 0.732. The minimum absolute atomic E-state index is 0.00949. The Labute approximate surface area is 86.5 Å². The molecule has 0 aromatic rings. The first kappa shape index (κ1) is 13.0. The first-order valence-corrected chi connectivity index (χ1v) is 5.26. The van der Waals surface area contributed by atoms with E-state index >= 15 is 0 Å². The molecule has 0 aromatic heterocycles. The van der Waals surface area contributed by atoms with Gasteiger partial charge in [0.2, 0.25) is 5.91 Å². The van der Waals surface area contributed by atoms with Gasteiger partial charge in [0.25, 0.3) is 0 Å². The van der Waals surface area contributed by atoms with E-state index in [1.807, 2.05) is 27.7 Å². The van der Waals surface area contributed by atoms with Gasteiger partial charge in [0.1, 0.15) is 6.04 Å². The van der Waals surface area contributed by atoms with Crippen LogP contribution < -0.4 is 5.32 Å². The highest BCUT2D eigenvalue weighted by Crippen LogP contribution is 2.09. The van der Waals surface area contributed by atoms with Crippen molar-refractivity contribution < 1.29 is 4.79 Å². The lowest BCUT2D eigenvalue weighted by Gasteiger charge is -2.18. The van der Waals surface area contributed by atoms with Crippen LogP contribution in [0.15, 0.2) is 0 Å². The number of carbonyl (C=O) groups excluding carboxylic acids is 1. The maximum absolute atomic E-state index is 11.6. The summed E-state index contributed by atoms with van der Waals surface area (Å²) in [5.41, 5.74) is 0. The van der Waals surface area contributed by atoms with Crippen molar-refractivity contribution in [2.45, 2.75) is 46.6 Å². The number of carbonyl (C=O) groups is 1. The summed E-state index contributed by atoms with van der Waals surface area (Å²) in [5, 5.41) is 11.6. The summed E-state index contributed by atoms with van der Waals surface area (Å²) < 4.78 is 0. The molecule has 0 radical (unpaired) electrons. The molecule has 0 heterocycles. The lowest BCUT2D eigenvalue weighted by molar-refractivity contribution is -0.125. The van der Waals surface area contributed by atoms with Gasteiger partial charge < -0.3 is 5.32 Å². The summed E-state index contributed by atoms with van der Waals surface area (Å²) in [4.78, 5) is 11.6. The van der Waals surface area contributed by atoms with Crippen LogP contribution in [0.4, 0.5) is 0 Å². The van der Waals surface area contributed by atoms with E-state index in [2.05, 4.69) is 11.4 Å². The monoisotopic (exact) mass is 196 g/mol. The Hall–Kier alpha value is -1.04. The third kappa shape index (κ3) is 3.78. The Kier molecular flexibility index (Phi) is 5.94. The van der Waals surface area contributed by atoms with Gasteiger partial charge in [0, 0.05) is 5.92 Å². The summed E-state index contributed by atoms with van der Waals surface area (Å²) in [6, 6.07) is 1.75. The van der Waals surface area contributed by atoms with Gasteiger partial charge in [-0.1, -0.05) is 27.7 Å². The lowest BCUT2D eigenvalue weighted by Crippen LogP contribution is -2.40. The number of amides is 1. The van der Waals surface area contributed by atoms with Crippen LogP contribution in [0, 0.1) is 23.2 Å². The second kappa shape index (κ2) is 6.42. The number of nitriles is 1. The Balaban J connectivity index is 4.23. The molecule has 0 rings (SSSR count). The molecule has 3 heteroatoms. The highest BCUT2D eigenvalue weighted by atomic mass is 16.1. The van der Waals surface area contributed by atoms with E-state index in [-0.39, 0.29) is 23.8 Å². The summed E-state index contributed by atoms with van der Waals surface area (Å²) in [7, 11) is 0. The van der Waals surface area contributed by atoms with E-state index in [4.69, 9.17) is 5.26 Å². The molecule has 0 aliphatic rings. The van der Waals surface area contributed by atoms with Crippen molar-refractivity contribution in [3.63, 3.8) is 0 Å². The third-order valence-electron chi connectivity index (χ3n) is 2.46. The Morgan fingerprint density at radius 1 is 1.36 bits per heavy atom. The molecule has 1 atom stereocenters. The fourth-order valence-electron chi connectivity index (χ4n) is 1.28. The molecule has 0 aliphatic heterocycles. The van der Waals surface area contributed by atoms with Gasteiger partial charge in [-0.25, -0.2) is 0 Å². The second-order valence-corrected chi connectivity index (χ2v) is 3.87. The zero-order chi connectivity index (χ0) is 11.1. The molecule has 0 aliphatic carbocycles. The number of hydrogen-bond acceptors (Lipinski definition) is 2. The van der Waals surface area contributed by atoms with Crippen molar-refractivity contribution in [1.29, 1.82) is 5.26 Å². The zero-order valence-electron chi connectivity index (χ0n) is 9.50. The SMILES string of the molecule is CCC(CC)C(=O)NC(C#N)C(C)C. The Morgan fingerprint density at radius 2 is 1.86 bits per heavy atom. The largest absolute Gasteiger partial charge is 0.340 e. The van der Waals surface area contributed by atoms with E-state index in [1.165, 1.54) is 0 Å². The molecule has 80 valence electrons. The second-order valence-electron chi connectivity index (χ2n) is 3.87. The minimum atomic E-state index is -0.358. The molecule has 14 heavy (non-hydrogen) atoms. The number of nitrogens with zero attached hydrogens (tertiary/aromatic N) is 1. The normalized spacial score (nSPS) is 12.6. The maximum Gasteiger partial charge on any atom is 0.224 e. The molecule has 3 nitrogen and oxygen atoms in total. The molecular formula is C11H20N2O. The molecular weight excluding hydrogens is 176 g/mol. The van der Waals surface area contributed by atoms with Crippen molar-refractivity contribution in [2.24, 2.45) is 11.8 Å². The number of hydrogen-bond donors (Lipinski definition) is 1. The van der Waals surface area contributed by atoms with E-state index in [1.54, 1.807) is 0 Å². The summed E-state index contributed by atoms with van der Waals surface area (Å²) in [6.45, 7) is 7.84. The minimum Gasteiger partial charge on any atom is -0.340 e.